The summed E-state index contributed by atoms with van der Waals surface area (Å²) in [6, 6.07) is 30.4. The van der Waals surface area contributed by atoms with Gasteiger partial charge in [-0.15, -0.1) is 0 Å². The van der Waals surface area contributed by atoms with E-state index in [0.29, 0.717) is 11.5 Å². The summed E-state index contributed by atoms with van der Waals surface area (Å²) in [5, 5.41) is 5.33. The van der Waals surface area contributed by atoms with Gasteiger partial charge in [-0.05, 0) is 64.6 Å². The number of amides is 1. The van der Waals surface area contributed by atoms with E-state index in [1.807, 2.05) is 72.8 Å². The van der Waals surface area contributed by atoms with Crippen molar-refractivity contribution in [2.45, 2.75) is 19.3 Å². The van der Waals surface area contributed by atoms with Crippen LogP contribution in [0.2, 0.25) is 0 Å². The molecule has 5 aromatic rings. The Hall–Kier alpha value is -4.77. The SMILES string of the molecule is COc1ccc2c(c1)CCc1nc(NC(=O)Cc3ccc4ccccc4c3)c(/C=C/c3ccccc3)nc1-2. The molecule has 6 rings (SSSR count). The van der Waals surface area contributed by atoms with Crippen molar-refractivity contribution in [3.8, 4) is 17.0 Å². The molecular weight excluding hydrogens is 470 g/mol. The Morgan fingerprint density at radius 3 is 2.53 bits per heavy atom. The molecule has 1 aromatic heterocycles. The number of rotatable bonds is 6. The highest BCUT2D eigenvalue weighted by Crippen LogP contribution is 2.35. The Labute approximate surface area is 221 Å². The Bertz CT molecular complexity index is 1680. The lowest BCUT2D eigenvalue weighted by molar-refractivity contribution is -0.115. The lowest BCUT2D eigenvalue weighted by Gasteiger charge is -2.21. The predicted octanol–water partition coefficient (Wildman–Crippen LogP) is 6.76. The van der Waals surface area contributed by atoms with Crippen LogP contribution >= 0.6 is 0 Å². The van der Waals surface area contributed by atoms with Gasteiger partial charge in [-0.3, -0.25) is 4.79 Å². The molecule has 0 saturated heterocycles. The van der Waals surface area contributed by atoms with Gasteiger partial charge in [0, 0.05) is 5.56 Å². The van der Waals surface area contributed by atoms with Crippen LogP contribution < -0.4 is 10.1 Å². The maximum absolute atomic E-state index is 13.2. The Morgan fingerprint density at radius 1 is 0.868 bits per heavy atom. The van der Waals surface area contributed by atoms with Crippen LogP contribution in [0.15, 0.2) is 91.0 Å². The molecular formula is C33H27N3O2. The van der Waals surface area contributed by atoms with E-state index < -0.39 is 0 Å². The van der Waals surface area contributed by atoms with Gasteiger partial charge in [0.05, 0.1) is 24.9 Å². The molecule has 0 aliphatic heterocycles. The number of anilines is 1. The summed E-state index contributed by atoms with van der Waals surface area (Å²) in [6.07, 6.45) is 5.77. The highest BCUT2D eigenvalue weighted by Gasteiger charge is 2.22. The minimum atomic E-state index is -0.121. The highest BCUT2D eigenvalue weighted by atomic mass is 16.5. The fraction of sp³-hybridized carbons (Fsp3) is 0.121. The summed E-state index contributed by atoms with van der Waals surface area (Å²) in [5.74, 6) is 1.20. The second-order valence-electron chi connectivity index (χ2n) is 9.43. The topological polar surface area (TPSA) is 64.1 Å². The van der Waals surface area contributed by atoms with E-state index in [9.17, 15) is 4.79 Å². The van der Waals surface area contributed by atoms with Crippen molar-refractivity contribution in [2.24, 2.45) is 0 Å². The molecule has 1 amide bonds. The van der Waals surface area contributed by atoms with E-state index in [0.717, 1.165) is 57.4 Å². The number of nitrogens with zero attached hydrogens (tertiary/aromatic N) is 2. The molecule has 0 spiro atoms. The van der Waals surface area contributed by atoms with Crippen LogP contribution in [0.25, 0.3) is 34.2 Å². The van der Waals surface area contributed by atoms with Crippen molar-refractivity contribution >= 4 is 34.6 Å². The van der Waals surface area contributed by atoms with E-state index in [1.54, 1.807) is 7.11 Å². The quantitative estimate of drug-likeness (QED) is 0.282. The molecule has 4 aromatic carbocycles. The van der Waals surface area contributed by atoms with Crippen LogP contribution in [0.1, 0.15) is 28.1 Å². The molecule has 0 fully saturated rings. The van der Waals surface area contributed by atoms with Gasteiger partial charge < -0.3 is 10.1 Å². The Balaban J connectivity index is 1.34. The number of ether oxygens (including phenoxy) is 1. The molecule has 0 saturated carbocycles. The summed E-state index contributed by atoms with van der Waals surface area (Å²) in [5.41, 5.74) is 6.62. The van der Waals surface area contributed by atoms with Crippen LogP contribution in [-0.4, -0.2) is 23.0 Å². The molecule has 0 bridgehead atoms. The van der Waals surface area contributed by atoms with Crippen molar-refractivity contribution < 1.29 is 9.53 Å². The van der Waals surface area contributed by atoms with Crippen molar-refractivity contribution in [3.05, 3.63) is 119 Å². The van der Waals surface area contributed by atoms with E-state index in [-0.39, 0.29) is 12.3 Å². The molecule has 0 atom stereocenters. The van der Waals surface area contributed by atoms with Gasteiger partial charge in [0.1, 0.15) is 11.4 Å². The van der Waals surface area contributed by atoms with Crippen molar-refractivity contribution in [1.29, 1.82) is 0 Å². The first-order chi connectivity index (χ1) is 18.7. The molecule has 0 unspecified atom stereocenters. The second-order valence-corrected chi connectivity index (χ2v) is 9.43. The maximum atomic E-state index is 13.2. The number of aryl methyl sites for hydroxylation is 2. The molecule has 5 nitrogen and oxygen atoms in total. The van der Waals surface area contributed by atoms with E-state index in [4.69, 9.17) is 14.7 Å². The summed E-state index contributed by atoms with van der Waals surface area (Å²) in [6.45, 7) is 0. The monoisotopic (exact) mass is 497 g/mol. The normalized spacial score (nSPS) is 12.2. The maximum Gasteiger partial charge on any atom is 0.230 e. The van der Waals surface area contributed by atoms with Gasteiger partial charge in [-0.25, -0.2) is 9.97 Å². The van der Waals surface area contributed by atoms with Crippen LogP contribution in [0.3, 0.4) is 0 Å². The number of fused-ring (bicyclic) bond motifs is 4. The van der Waals surface area contributed by atoms with Crippen molar-refractivity contribution in [3.63, 3.8) is 0 Å². The third kappa shape index (κ3) is 4.91. The van der Waals surface area contributed by atoms with Gasteiger partial charge in [0.25, 0.3) is 0 Å². The lowest BCUT2D eigenvalue weighted by Crippen LogP contribution is -2.19. The average molecular weight is 498 g/mol. The second kappa shape index (κ2) is 10.3. The minimum absolute atomic E-state index is 0.121. The number of carbonyl (C=O) groups is 1. The zero-order valence-corrected chi connectivity index (χ0v) is 21.1. The van der Waals surface area contributed by atoms with Gasteiger partial charge >= 0.3 is 0 Å². The zero-order chi connectivity index (χ0) is 25.9. The largest absolute Gasteiger partial charge is 0.497 e. The number of hydrogen-bond acceptors (Lipinski definition) is 4. The molecule has 1 heterocycles. The van der Waals surface area contributed by atoms with Crippen molar-refractivity contribution in [2.75, 3.05) is 12.4 Å². The van der Waals surface area contributed by atoms with Crippen LogP contribution in [0.4, 0.5) is 5.82 Å². The third-order valence-corrected chi connectivity index (χ3v) is 6.86. The number of aromatic nitrogens is 2. The first-order valence-corrected chi connectivity index (χ1v) is 12.7. The first-order valence-electron chi connectivity index (χ1n) is 12.7. The van der Waals surface area contributed by atoms with E-state index in [2.05, 4.69) is 35.6 Å². The lowest BCUT2D eigenvalue weighted by atomic mass is 9.91. The molecule has 0 radical (unpaired) electrons. The van der Waals surface area contributed by atoms with Crippen LogP contribution in [-0.2, 0) is 24.1 Å². The molecule has 5 heteroatoms. The molecule has 1 aliphatic rings. The van der Waals surface area contributed by atoms with Gasteiger partial charge in [-0.2, -0.15) is 0 Å². The highest BCUT2D eigenvalue weighted by molar-refractivity contribution is 5.94. The van der Waals surface area contributed by atoms with Gasteiger partial charge in [0.15, 0.2) is 5.82 Å². The Morgan fingerprint density at radius 2 is 1.68 bits per heavy atom. The minimum Gasteiger partial charge on any atom is -0.497 e. The summed E-state index contributed by atoms with van der Waals surface area (Å²) in [7, 11) is 1.68. The van der Waals surface area contributed by atoms with Crippen LogP contribution in [0, 0.1) is 0 Å². The molecule has 186 valence electrons. The fourth-order valence-corrected chi connectivity index (χ4v) is 4.92. The number of carbonyl (C=O) groups excluding carboxylic acids is 1. The van der Waals surface area contributed by atoms with E-state index in [1.165, 1.54) is 5.56 Å². The molecule has 38 heavy (non-hydrogen) atoms. The number of hydrogen-bond donors (Lipinski definition) is 1. The summed E-state index contributed by atoms with van der Waals surface area (Å²) in [4.78, 5) is 23.1. The molecule has 1 N–H and O–H groups in total. The third-order valence-electron chi connectivity index (χ3n) is 6.86. The van der Waals surface area contributed by atoms with Gasteiger partial charge in [0.2, 0.25) is 5.91 Å². The predicted molar refractivity (Wildman–Crippen MR) is 153 cm³/mol. The number of nitrogens with one attached hydrogen (secondary N) is 1. The summed E-state index contributed by atoms with van der Waals surface area (Å²) >= 11 is 0. The first kappa shape index (κ1) is 23.6. The zero-order valence-electron chi connectivity index (χ0n) is 21.1. The standard InChI is InChI=1S/C33H27N3O2/c1-38-27-15-16-28-26(21-27)14-18-29-32(28)34-30(17-12-22-7-3-2-4-8-22)33(35-29)36-31(37)20-23-11-13-24-9-5-6-10-25(24)19-23/h2-13,15-17,19,21H,14,18,20H2,1H3,(H,35,36,37)/b17-12+. The van der Waals surface area contributed by atoms with Crippen molar-refractivity contribution in [1.82, 2.24) is 9.97 Å². The number of benzene rings is 4. The Kier molecular flexibility index (Phi) is 6.40. The fourth-order valence-electron chi connectivity index (χ4n) is 4.92. The average Bonchev–Trinajstić information content (AvgIpc) is 2.96. The van der Waals surface area contributed by atoms with E-state index >= 15 is 0 Å². The summed E-state index contributed by atoms with van der Waals surface area (Å²) < 4.78 is 5.42. The van der Waals surface area contributed by atoms with Gasteiger partial charge in [-0.1, -0.05) is 78.9 Å². The number of methoxy groups -OCH3 is 1. The molecule has 1 aliphatic carbocycles. The smallest absolute Gasteiger partial charge is 0.230 e. The van der Waals surface area contributed by atoms with Crippen LogP contribution in [0.5, 0.6) is 5.75 Å².